The molecule has 21 heavy (non-hydrogen) atoms. The van der Waals surface area contributed by atoms with E-state index in [-0.39, 0.29) is 17.9 Å². The average Bonchev–Trinajstić information content (AvgIpc) is 2.86. The van der Waals surface area contributed by atoms with Crippen LogP contribution in [0.25, 0.3) is 10.9 Å². The number of fused-ring (bicyclic) bond motifs is 1. The van der Waals surface area contributed by atoms with Crippen LogP contribution >= 0.6 is 11.6 Å². The van der Waals surface area contributed by atoms with E-state index in [1.54, 1.807) is 0 Å². The first kappa shape index (κ1) is 14.1. The third-order valence-electron chi connectivity index (χ3n) is 3.92. The van der Waals surface area contributed by atoms with Crippen LogP contribution in [0.4, 0.5) is 0 Å². The van der Waals surface area contributed by atoms with Crippen molar-refractivity contribution in [3.8, 4) is 0 Å². The molecule has 3 rings (SSSR count). The molecule has 0 spiro atoms. The number of aromatic amines is 1. The molecule has 1 aliphatic heterocycles. The smallest absolute Gasteiger partial charge is 0.246 e. The molecule has 1 saturated heterocycles. The van der Waals surface area contributed by atoms with Gasteiger partial charge in [-0.3, -0.25) is 14.5 Å². The van der Waals surface area contributed by atoms with Gasteiger partial charge >= 0.3 is 0 Å². The highest BCUT2D eigenvalue weighted by atomic mass is 35.5. The van der Waals surface area contributed by atoms with Gasteiger partial charge in [0.05, 0.1) is 6.04 Å². The van der Waals surface area contributed by atoms with Gasteiger partial charge in [-0.2, -0.15) is 0 Å². The average molecular weight is 306 g/mol. The number of piperidine rings is 1. The number of nitrogens with one attached hydrogen (secondary N) is 2. The fraction of sp³-hybridized carbons (Fsp3) is 0.333. The third-order valence-corrected chi connectivity index (χ3v) is 4.15. The predicted molar refractivity (Wildman–Crippen MR) is 80.9 cm³/mol. The van der Waals surface area contributed by atoms with Gasteiger partial charge in [0, 0.05) is 42.1 Å². The van der Waals surface area contributed by atoms with Gasteiger partial charge in [-0.25, -0.2) is 0 Å². The van der Waals surface area contributed by atoms with Gasteiger partial charge in [-0.05, 0) is 24.1 Å². The zero-order valence-corrected chi connectivity index (χ0v) is 12.4. The molecule has 0 bridgehead atoms. The number of carbonyl (C=O) groups is 2. The zero-order valence-electron chi connectivity index (χ0n) is 11.6. The van der Waals surface area contributed by atoms with Crippen molar-refractivity contribution in [1.82, 2.24) is 15.2 Å². The normalized spacial score (nSPS) is 19.5. The van der Waals surface area contributed by atoms with Crippen molar-refractivity contribution < 1.29 is 9.59 Å². The predicted octanol–water partition coefficient (Wildman–Crippen LogP) is 2.06. The molecule has 1 aromatic heterocycles. The minimum atomic E-state index is -0.301. The minimum Gasteiger partial charge on any atom is -0.361 e. The number of aromatic nitrogens is 1. The number of hydrogen-bond donors (Lipinski definition) is 2. The van der Waals surface area contributed by atoms with Crippen LogP contribution in [0.5, 0.6) is 0 Å². The van der Waals surface area contributed by atoms with Crippen molar-refractivity contribution in [2.75, 3.05) is 7.05 Å². The molecule has 2 amide bonds. The first-order valence-electron chi connectivity index (χ1n) is 6.85. The Hall–Kier alpha value is -1.85. The Labute approximate surface area is 127 Å². The Morgan fingerprint density at radius 2 is 2.24 bits per heavy atom. The van der Waals surface area contributed by atoms with Crippen LogP contribution in [0.2, 0.25) is 5.02 Å². The van der Waals surface area contributed by atoms with E-state index in [0.717, 1.165) is 16.5 Å². The summed E-state index contributed by atoms with van der Waals surface area (Å²) in [6, 6.07) is 5.38. The molecule has 110 valence electrons. The van der Waals surface area contributed by atoms with Crippen molar-refractivity contribution in [1.29, 1.82) is 0 Å². The zero-order chi connectivity index (χ0) is 15.0. The summed E-state index contributed by atoms with van der Waals surface area (Å²) in [6.45, 7) is 0.570. The van der Waals surface area contributed by atoms with E-state index < -0.39 is 0 Å². The van der Waals surface area contributed by atoms with Crippen LogP contribution in [0.1, 0.15) is 18.4 Å². The monoisotopic (exact) mass is 305 g/mol. The lowest BCUT2D eigenvalue weighted by Crippen LogP contribution is -2.51. The van der Waals surface area contributed by atoms with Gasteiger partial charge in [0.1, 0.15) is 0 Å². The van der Waals surface area contributed by atoms with Crippen LogP contribution in [0.3, 0.4) is 0 Å². The number of benzene rings is 1. The van der Waals surface area contributed by atoms with Crippen LogP contribution in [-0.4, -0.2) is 34.8 Å². The van der Waals surface area contributed by atoms with Crippen LogP contribution < -0.4 is 5.32 Å². The summed E-state index contributed by atoms with van der Waals surface area (Å²) >= 11 is 5.96. The van der Waals surface area contributed by atoms with Gasteiger partial charge in [0.15, 0.2) is 0 Å². The number of imide groups is 1. The Morgan fingerprint density at radius 3 is 3.05 bits per heavy atom. The summed E-state index contributed by atoms with van der Waals surface area (Å²) in [5, 5.41) is 5.00. The highest BCUT2D eigenvalue weighted by Crippen LogP contribution is 2.22. The number of carbonyl (C=O) groups excluding carboxylic acids is 2. The summed E-state index contributed by atoms with van der Waals surface area (Å²) in [6.07, 6.45) is 2.87. The Bertz CT molecular complexity index is 710. The number of hydrogen-bond acceptors (Lipinski definition) is 3. The van der Waals surface area contributed by atoms with E-state index in [0.29, 0.717) is 24.4 Å². The molecule has 1 aromatic carbocycles. The maximum atomic E-state index is 12.0. The summed E-state index contributed by atoms with van der Waals surface area (Å²) in [7, 11) is 1.53. The number of amides is 2. The second kappa shape index (κ2) is 5.50. The Kier molecular flexibility index (Phi) is 3.69. The van der Waals surface area contributed by atoms with E-state index in [2.05, 4.69) is 10.3 Å². The molecule has 1 aliphatic rings. The topological polar surface area (TPSA) is 65.2 Å². The first-order chi connectivity index (χ1) is 10.1. The van der Waals surface area contributed by atoms with E-state index >= 15 is 0 Å². The fourth-order valence-electron chi connectivity index (χ4n) is 2.64. The second-order valence-corrected chi connectivity index (χ2v) is 5.70. The molecular formula is C15H16ClN3O2. The third kappa shape index (κ3) is 2.66. The molecule has 1 atom stereocenters. The SMILES string of the molecule is CN1C(=O)CCC(NCc2c[nH]c3cc(Cl)ccc23)C1=O. The Morgan fingerprint density at radius 1 is 1.43 bits per heavy atom. The molecule has 0 radical (unpaired) electrons. The Balaban J connectivity index is 1.72. The van der Waals surface area contributed by atoms with Crippen molar-refractivity contribution in [3.05, 3.63) is 35.0 Å². The highest BCUT2D eigenvalue weighted by Gasteiger charge is 2.31. The van der Waals surface area contributed by atoms with Gasteiger partial charge < -0.3 is 10.3 Å². The van der Waals surface area contributed by atoms with E-state index in [4.69, 9.17) is 11.6 Å². The number of H-pyrrole nitrogens is 1. The summed E-state index contributed by atoms with van der Waals surface area (Å²) in [5.74, 6) is -0.270. The van der Waals surface area contributed by atoms with Gasteiger partial charge in [0.2, 0.25) is 11.8 Å². The van der Waals surface area contributed by atoms with Crippen molar-refractivity contribution in [3.63, 3.8) is 0 Å². The molecule has 0 aliphatic carbocycles. The number of likely N-dealkylation sites (N-methyl/N-ethyl adjacent to an activating group) is 1. The first-order valence-corrected chi connectivity index (χ1v) is 7.23. The van der Waals surface area contributed by atoms with Gasteiger partial charge in [-0.1, -0.05) is 17.7 Å². The number of halogens is 1. The molecule has 5 nitrogen and oxygen atoms in total. The largest absolute Gasteiger partial charge is 0.361 e. The van der Waals surface area contributed by atoms with E-state index in [9.17, 15) is 9.59 Å². The minimum absolute atomic E-state index is 0.111. The molecule has 2 aromatic rings. The summed E-state index contributed by atoms with van der Waals surface area (Å²) in [5.41, 5.74) is 2.05. The van der Waals surface area contributed by atoms with Crippen LogP contribution in [-0.2, 0) is 16.1 Å². The van der Waals surface area contributed by atoms with Gasteiger partial charge in [0.25, 0.3) is 0 Å². The molecule has 0 saturated carbocycles. The maximum absolute atomic E-state index is 12.0. The molecule has 1 unspecified atom stereocenters. The fourth-order valence-corrected chi connectivity index (χ4v) is 2.82. The summed E-state index contributed by atoms with van der Waals surface area (Å²) in [4.78, 5) is 27.8. The van der Waals surface area contributed by atoms with Crippen molar-refractivity contribution in [2.24, 2.45) is 0 Å². The maximum Gasteiger partial charge on any atom is 0.246 e. The van der Waals surface area contributed by atoms with Crippen molar-refractivity contribution in [2.45, 2.75) is 25.4 Å². The molecule has 1 fully saturated rings. The van der Waals surface area contributed by atoms with Crippen molar-refractivity contribution >= 4 is 34.3 Å². The lowest BCUT2D eigenvalue weighted by molar-refractivity contribution is -0.148. The van der Waals surface area contributed by atoms with Crippen LogP contribution in [0.15, 0.2) is 24.4 Å². The van der Waals surface area contributed by atoms with E-state index in [1.165, 1.54) is 11.9 Å². The molecule has 2 N–H and O–H groups in total. The number of rotatable bonds is 3. The quantitative estimate of drug-likeness (QED) is 0.853. The van der Waals surface area contributed by atoms with Crippen LogP contribution in [0, 0.1) is 0 Å². The molecule has 2 heterocycles. The number of nitrogens with zero attached hydrogens (tertiary/aromatic N) is 1. The second-order valence-electron chi connectivity index (χ2n) is 5.27. The van der Waals surface area contributed by atoms with E-state index in [1.807, 2.05) is 24.4 Å². The molecule has 6 heteroatoms. The molecular weight excluding hydrogens is 290 g/mol. The lowest BCUT2D eigenvalue weighted by atomic mass is 10.0. The lowest BCUT2D eigenvalue weighted by Gasteiger charge is -2.28. The summed E-state index contributed by atoms with van der Waals surface area (Å²) < 4.78 is 0. The van der Waals surface area contributed by atoms with Gasteiger partial charge in [-0.15, -0.1) is 0 Å². The standard InChI is InChI=1S/C15H16ClN3O2/c1-19-14(20)5-4-12(15(19)21)17-7-9-8-18-13-6-10(16)2-3-11(9)13/h2-3,6,8,12,17-18H,4-5,7H2,1H3. The highest BCUT2D eigenvalue weighted by molar-refractivity contribution is 6.31. The number of likely N-dealkylation sites (tertiary alicyclic amines) is 1.